The Morgan fingerprint density at radius 3 is 2.23 bits per heavy atom. The number of amides is 1. The Morgan fingerprint density at radius 1 is 0.800 bits per heavy atom. The van der Waals surface area contributed by atoms with Crippen molar-refractivity contribution >= 4 is 11.6 Å². The van der Waals surface area contributed by atoms with Gasteiger partial charge >= 0.3 is 0 Å². The van der Waals surface area contributed by atoms with Gasteiger partial charge in [-0.05, 0) is 74.6 Å². The number of hydrogen-bond donors (Lipinski definition) is 1. The van der Waals surface area contributed by atoms with Crippen LogP contribution in [0.5, 0.6) is 0 Å². The summed E-state index contributed by atoms with van der Waals surface area (Å²) in [4.78, 5) is 19.6. The van der Waals surface area contributed by atoms with E-state index in [9.17, 15) is 4.79 Å². The summed E-state index contributed by atoms with van der Waals surface area (Å²) >= 11 is 0. The maximum atomic E-state index is 11.2. The molecule has 5 heteroatoms. The Hall–Kier alpha value is -3.57. The fourth-order valence-corrected chi connectivity index (χ4v) is 4.82. The van der Waals surface area contributed by atoms with E-state index in [-0.39, 0.29) is 13.3 Å². The molecule has 3 aromatic rings. The van der Waals surface area contributed by atoms with Crippen molar-refractivity contribution in [3.63, 3.8) is 0 Å². The molecule has 2 atom stereocenters. The van der Waals surface area contributed by atoms with Crippen molar-refractivity contribution < 1.29 is 9.53 Å². The van der Waals surface area contributed by atoms with E-state index in [2.05, 4.69) is 66.1 Å². The minimum atomic E-state index is -0.0463. The summed E-state index contributed by atoms with van der Waals surface area (Å²) < 4.78 is 5.80. The Balaban J connectivity index is 0.000000123. The molecular formula is C30H33N3O2. The maximum absolute atomic E-state index is 11.2. The second-order valence-corrected chi connectivity index (χ2v) is 9.25. The van der Waals surface area contributed by atoms with Crippen molar-refractivity contribution in [3.8, 4) is 0 Å². The van der Waals surface area contributed by atoms with E-state index < -0.39 is 0 Å². The Labute approximate surface area is 207 Å². The van der Waals surface area contributed by atoms with Gasteiger partial charge < -0.3 is 10.1 Å². The second kappa shape index (κ2) is 9.96. The van der Waals surface area contributed by atoms with E-state index in [0.29, 0.717) is 24.6 Å². The van der Waals surface area contributed by atoms with Gasteiger partial charge in [0.2, 0.25) is 0 Å². The zero-order valence-electron chi connectivity index (χ0n) is 19.9. The molecule has 0 spiro atoms. The largest absolute Gasteiger partial charge is 0.366 e. The number of nitrogens with one attached hydrogen (secondary N) is 1. The normalized spacial score (nSPS) is 19.4. The standard InChI is InChI=1S/C11H12O.C10H9NO.C8H8N2.CH4/c1-7-2-3-8-9(6-7)11-5-4-10(8)12-11;1-6-3-4-8-9(5-6)7(2)11-10(8)12;1-6-2-3-7-8(4-6)10-5-9-7;/h2-3,6,10-11H,4-5H2,1H3;3-5H,2H2,1H3,(H,11,12);2-4H,5H2,1H3;1H4. The lowest BCUT2D eigenvalue weighted by molar-refractivity contribution is 0.0716. The van der Waals surface area contributed by atoms with Crippen LogP contribution in [0.3, 0.4) is 0 Å². The lowest BCUT2D eigenvalue weighted by atomic mass is 9.91. The smallest absolute Gasteiger partial charge is 0.256 e. The molecule has 2 unspecified atom stereocenters. The van der Waals surface area contributed by atoms with Crippen molar-refractivity contribution in [2.45, 2.75) is 53.2 Å². The summed E-state index contributed by atoms with van der Waals surface area (Å²) in [7, 11) is 0. The van der Waals surface area contributed by atoms with Crippen molar-refractivity contribution in [1.29, 1.82) is 0 Å². The molecule has 0 aromatic heterocycles. The molecule has 7 rings (SSSR count). The van der Waals surface area contributed by atoms with E-state index >= 15 is 0 Å². The molecule has 4 aliphatic heterocycles. The molecule has 5 nitrogen and oxygen atoms in total. The minimum absolute atomic E-state index is 0. The van der Waals surface area contributed by atoms with Crippen molar-refractivity contribution in [3.05, 3.63) is 111 Å². The summed E-state index contributed by atoms with van der Waals surface area (Å²) in [5, 5.41) is 4.75. The van der Waals surface area contributed by atoms with Gasteiger partial charge in [-0.15, -0.1) is 0 Å². The van der Waals surface area contributed by atoms with E-state index in [4.69, 9.17) is 4.74 Å². The Kier molecular flexibility index (Phi) is 6.99. The van der Waals surface area contributed by atoms with Crippen LogP contribution in [-0.4, -0.2) is 12.6 Å². The van der Waals surface area contributed by atoms with Crippen LogP contribution in [0.2, 0.25) is 0 Å². The molecule has 1 amide bonds. The quantitative estimate of drug-likeness (QED) is 0.478. The molecule has 3 aromatic carbocycles. The molecular weight excluding hydrogens is 434 g/mol. The van der Waals surface area contributed by atoms with Gasteiger partial charge in [0.05, 0.1) is 22.9 Å². The van der Waals surface area contributed by atoms with Crippen LogP contribution < -0.4 is 16.0 Å². The molecule has 1 saturated heterocycles. The van der Waals surface area contributed by atoms with Crippen LogP contribution in [-0.2, 0) is 4.74 Å². The number of carbonyl (C=O) groups excluding carboxylic acids is 1. The van der Waals surface area contributed by atoms with Gasteiger partial charge in [0.25, 0.3) is 5.91 Å². The molecule has 0 aliphatic carbocycles. The molecule has 0 saturated carbocycles. The number of rotatable bonds is 0. The van der Waals surface area contributed by atoms with Gasteiger partial charge in [0.15, 0.2) is 0 Å². The molecule has 4 aliphatic rings. The van der Waals surface area contributed by atoms with Gasteiger partial charge in [-0.3, -0.25) is 14.8 Å². The van der Waals surface area contributed by atoms with Crippen LogP contribution in [0.1, 0.15) is 76.2 Å². The number of ether oxygens (including phenoxy) is 1. The van der Waals surface area contributed by atoms with E-state index in [1.807, 2.05) is 31.2 Å². The second-order valence-electron chi connectivity index (χ2n) is 9.25. The molecule has 1 N–H and O–H groups in total. The van der Waals surface area contributed by atoms with Crippen molar-refractivity contribution in [2.24, 2.45) is 9.98 Å². The summed E-state index contributed by atoms with van der Waals surface area (Å²) in [5.74, 6) is -0.0463. The fourth-order valence-electron chi connectivity index (χ4n) is 4.82. The summed E-state index contributed by atoms with van der Waals surface area (Å²) in [5.41, 5.74) is 9.00. The maximum Gasteiger partial charge on any atom is 0.256 e. The third-order valence-corrected chi connectivity index (χ3v) is 6.58. The van der Waals surface area contributed by atoms with E-state index in [0.717, 1.165) is 27.4 Å². The van der Waals surface area contributed by atoms with Crippen LogP contribution in [0.4, 0.5) is 0 Å². The molecule has 0 radical (unpaired) electrons. The number of carbonyl (C=O) groups is 1. The van der Waals surface area contributed by atoms with Crippen LogP contribution in [0.15, 0.2) is 71.2 Å². The lowest BCUT2D eigenvalue weighted by Crippen LogP contribution is -2.20. The third-order valence-electron chi connectivity index (χ3n) is 6.58. The zero-order chi connectivity index (χ0) is 23.8. The highest BCUT2D eigenvalue weighted by Gasteiger charge is 2.37. The average molecular weight is 468 g/mol. The van der Waals surface area contributed by atoms with Crippen molar-refractivity contribution in [1.82, 2.24) is 5.32 Å². The molecule has 180 valence electrons. The van der Waals surface area contributed by atoms with Gasteiger partial charge in [-0.2, -0.15) is 0 Å². The summed E-state index contributed by atoms with van der Waals surface area (Å²) in [6.07, 6.45) is 3.29. The number of fused-ring (bicyclic) bond motifs is 7. The van der Waals surface area contributed by atoms with Gasteiger partial charge in [-0.25, -0.2) is 0 Å². The number of hydrogen-bond acceptors (Lipinski definition) is 4. The topological polar surface area (TPSA) is 63.0 Å². The highest BCUT2D eigenvalue weighted by atomic mass is 16.5. The minimum Gasteiger partial charge on any atom is -0.366 e. The van der Waals surface area contributed by atoms with Gasteiger partial charge in [0, 0.05) is 16.8 Å². The molecule has 35 heavy (non-hydrogen) atoms. The Morgan fingerprint density at radius 2 is 1.43 bits per heavy atom. The van der Waals surface area contributed by atoms with Crippen LogP contribution in [0.25, 0.3) is 5.70 Å². The first-order valence-electron chi connectivity index (χ1n) is 11.7. The first-order valence-corrected chi connectivity index (χ1v) is 11.7. The predicted octanol–water partition coefficient (Wildman–Crippen LogP) is 5.45. The summed E-state index contributed by atoms with van der Waals surface area (Å²) in [6.45, 7) is 10.6. The number of aryl methyl sites for hydroxylation is 3. The van der Waals surface area contributed by atoms with Crippen LogP contribution >= 0.6 is 0 Å². The first-order chi connectivity index (χ1) is 16.4. The highest BCUT2D eigenvalue weighted by Crippen LogP contribution is 2.50. The molecule has 2 bridgehead atoms. The zero-order valence-corrected chi connectivity index (χ0v) is 19.9. The molecule has 4 heterocycles. The fraction of sp³-hybridized carbons (Fsp3) is 0.300. The predicted molar refractivity (Wildman–Crippen MR) is 140 cm³/mol. The first kappa shape index (κ1) is 24.6. The van der Waals surface area contributed by atoms with E-state index in [1.165, 1.54) is 35.1 Å². The monoisotopic (exact) mass is 467 g/mol. The van der Waals surface area contributed by atoms with Crippen LogP contribution in [0, 0.1) is 20.8 Å². The number of nitrogens with zero attached hydrogens (tertiary/aromatic N) is 2. The highest BCUT2D eigenvalue weighted by molar-refractivity contribution is 6.08. The number of benzene rings is 3. The van der Waals surface area contributed by atoms with Crippen molar-refractivity contribution in [2.75, 3.05) is 6.67 Å². The van der Waals surface area contributed by atoms with Gasteiger partial charge in [-0.1, -0.05) is 55.5 Å². The average Bonchev–Trinajstić information content (AvgIpc) is 3.59. The SMILES string of the molecule is C.C=C1NC(=O)c2ccc(C)cc21.Cc1ccc2c(c1)=NCN=2.Cc1ccc2c(c1)C1CCC2O1. The summed E-state index contributed by atoms with van der Waals surface area (Å²) in [6, 6.07) is 18.6. The Bertz CT molecular complexity index is 1420. The third kappa shape index (κ3) is 4.96. The van der Waals surface area contributed by atoms with Gasteiger partial charge in [0.1, 0.15) is 6.67 Å². The molecule has 1 fully saturated rings. The lowest BCUT2D eigenvalue weighted by Gasteiger charge is -2.11. The van der Waals surface area contributed by atoms with E-state index in [1.54, 1.807) is 0 Å².